The molecule has 1 aromatic carbocycles. The molecule has 90 valence electrons. The number of nitrogens with zero attached hydrogens (tertiary/aromatic N) is 2. The SMILES string of the molecule is CNC(c1ccccc1OC)c1snnc1C. The Bertz CT molecular complexity index is 498. The highest BCUT2D eigenvalue weighted by molar-refractivity contribution is 7.05. The molecular weight excluding hydrogens is 234 g/mol. The van der Waals surface area contributed by atoms with E-state index in [0.29, 0.717) is 0 Å². The van der Waals surface area contributed by atoms with Crippen molar-refractivity contribution >= 4 is 11.5 Å². The van der Waals surface area contributed by atoms with Crippen LogP contribution < -0.4 is 10.1 Å². The summed E-state index contributed by atoms with van der Waals surface area (Å²) in [5.41, 5.74) is 2.06. The summed E-state index contributed by atoms with van der Waals surface area (Å²) in [6, 6.07) is 8.06. The Hall–Kier alpha value is -1.46. The Kier molecular flexibility index (Phi) is 3.71. The zero-order chi connectivity index (χ0) is 12.3. The number of aromatic nitrogens is 2. The minimum atomic E-state index is 0.0751. The van der Waals surface area contributed by atoms with E-state index in [1.807, 2.05) is 32.2 Å². The van der Waals surface area contributed by atoms with E-state index in [1.54, 1.807) is 7.11 Å². The molecule has 0 saturated heterocycles. The monoisotopic (exact) mass is 249 g/mol. The van der Waals surface area contributed by atoms with E-state index in [4.69, 9.17) is 4.74 Å². The summed E-state index contributed by atoms with van der Waals surface area (Å²) in [6.07, 6.45) is 0. The highest BCUT2D eigenvalue weighted by Crippen LogP contribution is 2.32. The summed E-state index contributed by atoms with van der Waals surface area (Å²) in [4.78, 5) is 1.12. The van der Waals surface area contributed by atoms with Crippen LogP contribution in [0.25, 0.3) is 0 Å². The van der Waals surface area contributed by atoms with E-state index in [0.717, 1.165) is 21.9 Å². The van der Waals surface area contributed by atoms with Gasteiger partial charge in [-0.05, 0) is 31.6 Å². The maximum Gasteiger partial charge on any atom is 0.124 e. The number of methoxy groups -OCH3 is 1. The largest absolute Gasteiger partial charge is 0.496 e. The second-order valence-corrected chi connectivity index (χ2v) is 4.47. The molecule has 5 heteroatoms. The molecule has 1 heterocycles. The van der Waals surface area contributed by atoms with Crippen molar-refractivity contribution in [2.75, 3.05) is 14.2 Å². The predicted octanol–water partition coefficient (Wildman–Crippen LogP) is 2.16. The fourth-order valence-corrected chi connectivity index (χ4v) is 2.61. The van der Waals surface area contributed by atoms with Gasteiger partial charge < -0.3 is 10.1 Å². The predicted molar refractivity (Wildman–Crippen MR) is 68.5 cm³/mol. The topological polar surface area (TPSA) is 47.0 Å². The van der Waals surface area contributed by atoms with Crippen molar-refractivity contribution in [2.24, 2.45) is 0 Å². The second kappa shape index (κ2) is 5.25. The first-order valence-electron chi connectivity index (χ1n) is 5.37. The van der Waals surface area contributed by atoms with Crippen molar-refractivity contribution in [2.45, 2.75) is 13.0 Å². The molecule has 0 spiro atoms. The van der Waals surface area contributed by atoms with Crippen LogP contribution in [0.3, 0.4) is 0 Å². The first-order valence-corrected chi connectivity index (χ1v) is 6.14. The van der Waals surface area contributed by atoms with Crippen LogP contribution in [-0.2, 0) is 0 Å². The van der Waals surface area contributed by atoms with Gasteiger partial charge >= 0.3 is 0 Å². The van der Waals surface area contributed by atoms with E-state index in [9.17, 15) is 0 Å². The van der Waals surface area contributed by atoms with Crippen LogP contribution in [0.5, 0.6) is 5.75 Å². The average molecular weight is 249 g/mol. The number of benzene rings is 1. The van der Waals surface area contributed by atoms with Gasteiger partial charge in [-0.25, -0.2) is 0 Å². The van der Waals surface area contributed by atoms with Gasteiger partial charge in [0.05, 0.1) is 23.7 Å². The fraction of sp³-hybridized carbons (Fsp3) is 0.333. The van der Waals surface area contributed by atoms with Crippen LogP contribution in [0.1, 0.15) is 22.2 Å². The molecule has 4 nitrogen and oxygen atoms in total. The lowest BCUT2D eigenvalue weighted by Crippen LogP contribution is -2.18. The number of ether oxygens (including phenoxy) is 1. The van der Waals surface area contributed by atoms with Gasteiger partial charge in [-0.3, -0.25) is 0 Å². The highest BCUT2D eigenvalue weighted by Gasteiger charge is 2.20. The third-order valence-electron chi connectivity index (χ3n) is 2.69. The molecule has 0 fully saturated rings. The summed E-state index contributed by atoms with van der Waals surface area (Å²) in [5, 5.41) is 7.34. The van der Waals surface area contributed by atoms with E-state index < -0.39 is 0 Å². The number of para-hydroxylation sites is 1. The molecule has 2 aromatic rings. The van der Waals surface area contributed by atoms with Gasteiger partial charge in [-0.1, -0.05) is 22.7 Å². The average Bonchev–Trinajstić information content (AvgIpc) is 2.78. The van der Waals surface area contributed by atoms with Gasteiger partial charge in [0.15, 0.2) is 0 Å². The lowest BCUT2D eigenvalue weighted by atomic mass is 10.0. The van der Waals surface area contributed by atoms with Crippen molar-refractivity contribution in [3.63, 3.8) is 0 Å². The van der Waals surface area contributed by atoms with Crippen LogP contribution >= 0.6 is 11.5 Å². The quantitative estimate of drug-likeness (QED) is 0.902. The van der Waals surface area contributed by atoms with E-state index in [1.165, 1.54) is 11.5 Å². The molecule has 0 aliphatic heterocycles. The fourth-order valence-electron chi connectivity index (χ4n) is 1.84. The van der Waals surface area contributed by atoms with Gasteiger partial charge in [0.1, 0.15) is 5.75 Å². The van der Waals surface area contributed by atoms with Gasteiger partial charge in [0.2, 0.25) is 0 Å². The van der Waals surface area contributed by atoms with Gasteiger partial charge in [-0.2, -0.15) is 0 Å². The standard InChI is InChI=1S/C12H15N3OS/c1-8-12(17-15-14-8)11(13-2)9-6-4-5-7-10(9)16-3/h4-7,11,13H,1-3H3. The van der Waals surface area contributed by atoms with Crippen LogP contribution in [0.4, 0.5) is 0 Å². The normalized spacial score (nSPS) is 12.4. The van der Waals surface area contributed by atoms with Crippen LogP contribution in [0.15, 0.2) is 24.3 Å². The molecule has 0 saturated carbocycles. The molecule has 17 heavy (non-hydrogen) atoms. The van der Waals surface area contributed by atoms with Crippen LogP contribution in [-0.4, -0.2) is 23.7 Å². The molecule has 1 atom stereocenters. The smallest absolute Gasteiger partial charge is 0.124 e. The molecule has 2 rings (SSSR count). The van der Waals surface area contributed by atoms with E-state index >= 15 is 0 Å². The summed E-state index contributed by atoms with van der Waals surface area (Å²) in [6.45, 7) is 1.97. The second-order valence-electron chi connectivity index (χ2n) is 3.69. The first kappa shape index (κ1) is 12.0. The highest BCUT2D eigenvalue weighted by atomic mass is 32.1. The molecule has 1 N–H and O–H groups in total. The Morgan fingerprint density at radius 1 is 1.35 bits per heavy atom. The van der Waals surface area contributed by atoms with Crippen molar-refractivity contribution in [1.29, 1.82) is 0 Å². The molecule has 0 bridgehead atoms. The van der Waals surface area contributed by atoms with E-state index in [2.05, 4.69) is 21.0 Å². The molecular formula is C12H15N3OS. The molecule has 1 aromatic heterocycles. The number of nitrogens with one attached hydrogen (secondary N) is 1. The molecule has 0 radical (unpaired) electrons. The van der Waals surface area contributed by atoms with Crippen LogP contribution in [0.2, 0.25) is 0 Å². The maximum absolute atomic E-state index is 5.39. The third kappa shape index (κ3) is 2.30. The van der Waals surface area contributed by atoms with Gasteiger partial charge in [-0.15, -0.1) is 5.10 Å². The zero-order valence-corrected chi connectivity index (χ0v) is 10.9. The number of hydrogen-bond acceptors (Lipinski definition) is 5. The van der Waals surface area contributed by atoms with Crippen molar-refractivity contribution in [3.8, 4) is 5.75 Å². The molecule has 0 amide bonds. The third-order valence-corrected chi connectivity index (χ3v) is 3.58. The summed E-state index contributed by atoms with van der Waals surface area (Å²) < 4.78 is 9.37. The maximum atomic E-state index is 5.39. The number of hydrogen-bond donors (Lipinski definition) is 1. The summed E-state index contributed by atoms with van der Waals surface area (Å²) in [7, 11) is 3.61. The Labute approximate surface area is 105 Å². The Balaban J connectivity index is 2.46. The summed E-state index contributed by atoms with van der Waals surface area (Å²) in [5.74, 6) is 0.875. The number of rotatable bonds is 4. The van der Waals surface area contributed by atoms with Crippen molar-refractivity contribution in [3.05, 3.63) is 40.4 Å². The lowest BCUT2D eigenvalue weighted by molar-refractivity contribution is 0.405. The van der Waals surface area contributed by atoms with Crippen molar-refractivity contribution < 1.29 is 4.74 Å². The van der Waals surface area contributed by atoms with Crippen LogP contribution in [0, 0.1) is 6.92 Å². The molecule has 1 unspecified atom stereocenters. The van der Waals surface area contributed by atoms with Gasteiger partial charge in [0, 0.05) is 5.56 Å². The minimum Gasteiger partial charge on any atom is -0.496 e. The molecule has 0 aliphatic rings. The van der Waals surface area contributed by atoms with E-state index in [-0.39, 0.29) is 6.04 Å². The zero-order valence-electron chi connectivity index (χ0n) is 10.1. The lowest BCUT2D eigenvalue weighted by Gasteiger charge is -2.17. The minimum absolute atomic E-state index is 0.0751. The Morgan fingerprint density at radius 2 is 2.12 bits per heavy atom. The van der Waals surface area contributed by atoms with Crippen molar-refractivity contribution in [1.82, 2.24) is 14.9 Å². The summed E-state index contributed by atoms with van der Waals surface area (Å²) >= 11 is 1.42. The Morgan fingerprint density at radius 3 is 2.71 bits per heavy atom. The first-order chi connectivity index (χ1) is 8.27. The number of aryl methyl sites for hydroxylation is 1. The van der Waals surface area contributed by atoms with Gasteiger partial charge in [0.25, 0.3) is 0 Å². The molecule has 0 aliphatic carbocycles.